The number of nitrogens with one attached hydrogen (secondary N) is 1. The lowest BCUT2D eigenvalue weighted by atomic mass is 9.95. The summed E-state index contributed by atoms with van der Waals surface area (Å²) in [6.45, 7) is 0. The highest BCUT2D eigenvalue weighted by Crippen LogP contribution is 2.31. The minimum atomic E-state index is 0.571. The van der Waals surface area contributed by atoms with Gasteiger partial charge in [0.15, 0.2) is 0 Å². The molecule has 1 aromatic rings. The molecule has 0 aromatic carbocycles. The monoisotopic (exact) mass is 200 g/mol. The van der Waals surface area contributed by atoms with Crippen molar-refractivity contribution in [3.63, 3.8) is 0 Å². The predicted octanol–water partition coefficient (Wildman–Crippen LogP) is 2.38. The summed E-state index contributed by atoms with van der Waals surface area (Å²) in [6.07, 6.45) is 11.3. The lowest BCUT2D eigenvalue weighted by Crippen LogP contribution is -2.28. The molecule has 0 aliphatic carbocycles. The van der Waals surface area contributed by atoms with Gasteiger partial charge in [-0.15, -0.1) is 0 Å². The van der Waals surface area contributed by atoms with E-state index in [0.717, 1.165) is 6.04 Å². The van der Waals surface area contributed by atoms with Crippen LogP contribution < -0.4 is 5.32 Å². The average Bonchev–Trinajstić information content (AvgIpc) is 2.61. The van der Waals surface area contributed by atoms with Crippen LogP contribution in [0, 0.1) is 0 Å². The maximum Gasteiger partial charge on any atom is 0.0343 e. The van der Waals surface area contributed by atoms with Gasteiger partial charge in [0.05, 0.1) is 0 Å². The van der Waals surface area contributed by atoms with Crippen molar-refractivity contribution in [1.29, 1.82) is 0 Å². The van der Waals surface area contributed by atoms with Crippen LogP contribution in [-0.2, 0) is 0 Å². The number of fused-ring (bicyclic) bond motifs is 2. The molecule has 2 atom stereocenters. The fourth-order valence-electron chi connectivity index (χ4n) is 2.73. The molecular weight excluding hydrogens is 184 g/mol. The first-order chi connectivity index (χ1) is 7.43. The van der Waals surface area contributed by atoms with Gasteiger partial charge in [0.2, 0.25) is 0 Å². The number of rotatable bonds is 1. The van der Waals surface area contributed by atoms with Crippen molar-refractivity contribution in [2.75, 3.05) is 0 Å². The molecule has 1 fully saturated rings. The van der Waals surface area contributed by atoms with Crippen LogP contribution in [0.25, 0.3) is 5.57 Å². The van der Waals surface area contributed by atoms with Crippen molar-refractivity contribution in [2.45, 2.75) is 37.8 Å². The predicted molar refractivity (Wildman–Crippen MR) is 61.4 cm³/mol. The van der Waals surface area contributed by atoms with Crippen molar-refractivity contribution >= 4 is 5.57 Å². The Kier molecular flexibility index (Phi) is 2.29. The third kappa shape index (κ3) is 1.70. The smallest absolute Gasteiger partial charge is 0.0343 e. The lowest BCUT2D eigenvalue weighted by Gasteiger charge is -2.14. The Morgan fingerprint density at radius 2 is 2.27 bits per heavy atom. The van der Waals surface area contributed by atoms with Gasteiger partial charge < -0.3 is 5.32 Å². The van der Waals surface area contributed by atoms with Crippen molar-refractivity contribution in [3.8, 4) is 0 Å². The highest BCUT2D eigenvalue weighted by molar-refractivity contribution is 5.69. The number of nitrogens with zero attached hydrogens (tertiary/aromatic N) is 1. The third-order valence-corrected chi connectivity index (χ3v) is 3.49. The summed E-state index contributed by atoms with van der Waals surface area (Å²) in [7, 11) is 0. The van der Waals surface area contributed by atoms with Crippen LogP contribution in [0.3, 0.4) is 0 Å². The van der Waals surface area contributed by atoms with Crippen LogP contribution in [0.1, 0.15) is 31.2 Å². The quantitative estimate of drug-likeness (QED) is 0.753. The Hall–Kier alpha value is -1.15. The molecule has 1 saturated heterocycles. The molecule has 2 aliphatic rings. The van der Waals surface area contributed by atoms with Gasteiger partial charge in [0.25, 0.3) is 0 Å². The zero-order valence-corrected chi connectivity index (χ0v) is 8.82. The van der Waals surface area contributed by atoms with Crippen molar-refractivity contribution < 1.29 is 0 Å². The zero-order chi connectivity index (χ0) is 10.1. The Morgan fingerprint density at radius 3 is 3.13 bits per heavy atom. The van der Waals surface area contributed by atoms with E-state index in [-0.39, 0.29) is 0 Å². The Bertz CT molecular complexity index is 369. The fraction of sp³-hybridized carbons (Fsp3) is 0.462. The van der Waals surface area contributed by atoms with E-state index in [9.17, 15) is 0 Å². The Labute approximate surface area is 90.4 Å². The second kappa shape index (κ2) is 3.78. The number of pyridine rings is 1. The van der Waals surface area contributed by atoms with Gasteiger partial charge in [-0.3, -0.25) is 4.98 Å². The molecule has 0 saturated carbocycles. The molecule has 2 aliphatic heterocycles. The highest BCUT2D eigenvalue weighted by Gasteiger charge is 2.28. The van der Waals surface area contributed by atoms with E-state index in [0.29, 0.717) is 6.04 Å². The Balaban J connectivity index is 1.94. The molecule has 1 N–H and O–H groups in total. The maximum absolute atomic E-state index is 4.20. The first kappa shape index (κ1) is 9.10. The van der Waals surface area contributed by atoms with E-state index in [1.165, 1.54) is 36.8 Å². The van der Waals surface area contributed by atoms with Crippen LogP contribution in [0.15, 0.2) is 30.6 Å². The van der Waals surface area contributed by atoms with E-state index in [4.69, 9.17) is 0 Å². The van der Waals surface area contributed by atoms with Gasteiger partial charge in [-0.2, -0.15) is 0 Å². The summed E-state index contributed by atoms with van der Waals surface area (Å²) in [6, 6.07) is 5.51. The van der Waals surface area contributed by atoms with E-state index < -0.39 is 0 Å². The first-order valence-electron chi connectivity index (χ1n) is 5.80. The minimum absolute atomic E-state index is 0.571. The summed E-state index contributed by atoms with van der Waals surface area (Å²) in [5.41, 5.74) is 2.75. The molecule has 2 nitrogen and oxygen atoms in total. The van der Waals surface area contributed by atoms with E-state index in [1.807, 2.05) is 18.5 Å². The average molecular weight is 200 g/mol. The number of hydrogen-bond donors (Lipinski definition) is 1. The minimum Gasteiger partial charge on any atom is -0.307 e. The molecule has 2 heteroatoms. The summed E-state index contributed by atoms with van der Waals surface area (Å²) in [4.78, 5) is 4.20. The van der Waals surface area contributed by atoms with Crippen molar-refractivity contribution in [3.05, 3.63) is 36.2 Å². The molecule has 3 rings (SSSR count). The van der Waals surface area contributed by atoms with E-state index >= 15 is 0 Å². The second-order valence-corrected chi connectivity index (χ2v) is 4.47. The molecular formula is C13H16N2. The summed E-state index contributed by atoms with van der Waals surface area (Å²) in [5.74, 6) is 0. The number of hydrogen-bond acceptors (Lipinski definition) is 2. The topological polar surface area (TPSA) is 24.9 Å². The third-order valence-electron chi connectivity index (χ3n) is 3.49. The van der Waals surface area contributed by atoms with Gasteiger partial charge in [-0.05, 0) is 42.9 Å². The summed E-state index contributed by atoms with van der Waals surface area (Å²) >= 11 is 0. The van der Waals surface area contributed by atoms with E-state index in [1.54, 1.807) is 0 Å². The summed E-state index contributed by atoms with van der Waals surface area (Å²) < 4.78 is 0. The molecule has 15 heavy (non-hydrogen) atoms. The molecule has 1 aromatic heterocycles. The number of aromatic nitrogens is 1. The fourth-order valence-corrected chi connectivity index (χ4v) is 2.73. The largest absolute Gasteiger partial charge is 0.307 e. The molecule has 3 heterocycles. The van der Waals surface area contributed by atoms with Crippen LogP contribution in [0.2, 0.25) is 0 Å². The molecule has 2 unspecified atom stereocenters. The van der Waals surface area contributed by atoms with Crippen LogP contribution in [0.5, 0.6) is 0 Å². The van der Waals surface area contributed by atoms with Crippen LogP contribution in [0.4, 0.5) is 0 Å². The number of allylic oxidation sites excluding steroid dienone is 1. The Morgan fingerprint density at radius 1 is 1.27 bits per heavy atom. The van der Waals surface area contributed by atoms with Gasteiger partial charge in [0, 0.05) is 24.5 Å². The molecule has 0 spiro atoms. The molecule has 2 bridgehead atoms. The molecule has 0 radical (unpaired) electrons. The highest BCUT2D eigenvalue weighted by atomic mass is 15.0. The standard InChI is InChI=1S/C13H16N2/c1-4-11-6-7-13(15-11)12(5-1)10-3-2-8-14-9-10/h2-3,5,8-9,11,13,15H,1,4,6-7H2. The SMILES string of the molecule is C1=C(c2cccnc2)C2CCC(CC1)N2. The van der Waals surface area contributed by atoms with E-state index in [2.05, 4.69) is 22.4 Å². The van der Waals surface area contributed by atoms with Gasteiger partial charge in [-0.25, -0.2) is 0 Å². The second-order valence-electron chi connectivity index (χ2n) is 4.47. The van der Waals surface area contributed by atoms with Gasteiger partial charge in [-0.1, -0.05) is 12.1 Å². The van der Waals surface area contributed by atoms with Gasteiger partial charge >= 0.3 is 0 Å². The van der Waals surface area contributed by atoms with Crippen molar-refractivity contribution in [2.24, 2.45) is 0 Å². The maximum atomic E-state index is 4.20. The van der Waals surface area contributed by atoms with Gasteiger partial charge in [0.1, 0.15) is 0 Å². The lowest BCUT2D eigenvalue weighted by molar-refractivity contribution is 0.559. The van der Waals surface area contributed by atoms with Crippen LogP contribution in [-0.4, -0.2) is 17.1 Å². The first-order valence-corrected chi connectivity index (χ1v) is 5.80. The summed E-state index contributed by atoms with van der Waals surface area (Å²) in [5, 5.41) is 3.71. The zero-order valence-electron chi connectivity index (χ0n) is 8.82. The van der Waals surface area contributed by atoms with Crippen molar-refractivity contribution in [1.82, 2.24) is 10.3 Å². The normalized spacial score (nSPS) is 29.7. The molecule has 78 valence electrons. The molecule has 0 amide bonds. The van der Waals surface area contributed by atoms with Crippen LogP contribution >= 0.6 is 0 Å².